The first-order valence-electron chi connectivity index (χ1n) is 7.26. The van der Waals surface area contributed by atoms with Crippen molar-refractivity contribution in [3.8, 4) is 0 Å². The fourth-order valence-electron chi connectivity index (χ4n) is 2.31. The van der Waals surface area contributed by atoms with Gasteiger partial charge in [-0.05, 0) is 33.4 Å². The molecule has 21 heavy (non-hydrogen) atoms. The van der Waals surface area contributed by atoms with Crippen LogP contribution in [-0.4, -0.2) is 61.4 Å². The van der Waals surface area contributed by atoms with Crippen molar-refractivity contribution in [3.05, 3.63) is 10.6 Å². The van der Waals surface area contributed by atoms with Crippen LogP contribution in [0.4, 0.5) is 5.13 Å². The third kappa shape index (κ3) is 4.66. The number of thiazole rings is 1. The van der Waals surface area contributed by atoms with Crippen molar-refractivity contribution in [2.45, 2.75) is 25.2 Å². The molecule has 0 spiro atoms. The van der Waals surface area contributed by atoms with Crippen LogP contribution < -0.4 is 5.32 Å². The monoisotopic (exact) mass is 313 g/mol. The number of aromatic nitrogens is 1. The van der Waals surface area contributed by atoms with Gasteiger partial charge < -0.3 is 20.1 Å². The average molecular weight is 313 g/mol. The van der Waals surface area contributed by atoms with Crippen molar-refractivity contribution >= 4 is 22.4 Å². The molecule has 118 valence electrons. The molecule has 0 aliphatic heterocycles. The molecule has 1 atom stereocenters. The topological polar surface area (TPSA) is 74.7 Å². The van der Waals surface area contributed by atoms with E-state index in [4.69, 9.17) is 4.74 Å². The SMILES string of the molecule is CN(C)CCOCCNc1nc2c(s1)CCCC2C(=O)O. The van der Waals surface area contributed by atoms with Crippen LogP contribution in [0, 0.1) is 0 Å². The number of hydrogen-bond donors (Lipinski definition) is 2. The Morgan fingerprint density at radius 1 is 1.52 bits per heavy atom. The summed E-state index contributed by atoms with van der Waals surface area (Å²) in [4.78, 5) is 18.9. The number of aryl methyl sites for hydroxylation is 1. The fourth-order valence-corrected chi connectivity index (χ4v) is 3.40. The minimum absolute atomic E-state index is 0.433. The van der Waals surface area contributed by atoms with Gasteiger partial charge in [-0.1, -0.05) is 0 Å². The summed E-state index contributed by atoms with van der Waals surface area (Å²) in [6.07, 6.45) is 2.57. The first kappa shape index (κ1) is 16.2. The molecule has 0 fully saturated rings. The summed E-state index contributed by atoms with van der Waals surface area (Å²) in [5, 5.41) is 13.3. The maximum Gasteiger partial charge on any atom is 0.312 e. The molecule has 1 unspecified atom stereocenters. The zero-order valence-corrected chi connectivity index (χ0v) is 13.4. The molecule has 0 bridgehead atoms. The maximum absolute atomic E-state index is 11.2. The van der Waals surface area contributed by atoms with Crippen LogP contribution in [0.25, 0.3) is 0 Å². The highest BCUT2D eigenvalue weighted by molar-refractivity contribution is 7.15. The van der Waals surface area contributed by atoms with E-state index in [1.54, 1.807) is 11.3 Å². The molecule has 1 aromatic heterocycles. The van der Waals surface area contributed by atoms with E-state index in [1.807, 2.05) is 14.1 Å². The zero-order valence-electron chi connectivity index (χ0n) is 12.6. The second-order valence-corrected chi connectivity index (χ2v) is 6.54. The van der Waals surface area contributed by atoms with Gasteiger partial charge in [-0.2, -0.15) is 0 Å². The largest absolute Gasteiger partial charge is 0.481 e. The number of likely N-dealkylation sites (N-methyl/N-ethyl adjacent to an activating group) is 1. The van der Waals surface area contributed by atoms with Gasteiger partial charge in [0.15, 0.2) is 5.13 Å². The van der Waals surface area contributed by atoms with Gasteiger partial charge in [-0.15, -0.1) is 11.3 Å². The van der Waals surface area contributed by atoms with E-state index < -0.39 is 11.9 Å². The highest BCUT2D eigenvalue weighted by Gasteiger charge is 2.29. The molecule has 0 aromatic carbocycles. The number of fused-ring (bicyclic) bond motifs is 1. The van der Waals surface area contributed by atoms with Crippen LogP contribution >= 0.6 is 11.3 Å². The quantitative estimate of drug-likeness (QED) is 0.711. The van der Waals surface area contributed by atoms with Crippen molar-refractivity contribution in [3.63, 3.8) is 0 Å². The smallest absolute Gasteiger partial charge is 0.312 e. The van der Waals surface area contributed by atoms with Gasteiger partial charge in [0.1, 0.15) is 5.92 Å². The molecule has 1 heterocycles. The first-order chi connectivity index (χ1) is 10.1. The Morgan fingerprint density at radius 3 is 3.05 bits per heavy atom. The van der Waals surface area contributed by atoms with Gasteiger partial charge >= 0.3 is 5.97 Å². The Bertz CT molecular complexity index is 476. The Morgan fingerprint density at radius 2 is 2.33 bits per heavy atom. The standard InChI is InChI=1S/C14H23N3O3S/c1-17(2)7-9-20-8-6-15-14-16-12-10(13(18)19)4-3-5-11(12)21-14/h10H,3-9H2,1-2H3,(H,15,16)(H,18,19). The van der Waals surface area contributed by atoms with Crippen LogP contribution in [0.1, 0.15) is 29.3 Å². The molecule has 0 saturated carbocycles. The number of rotatable bonds is 8. The molecule has 1 aromatic rings. The number of ether oxygens (including phenoxy) is 1. The molecule has 1 aliphatic rings. The Hall–Kier alpha value is -1.18. The molecule has 2 rings (SSSR count). The van der Waals surface area contributed by atoms with E-state index >= 15 is 0 Å². The van der Waals surface area contributed by atoms with Crippen molar-refractivity contribution in [2.75, 3.05) is 45.7 Å². The number of nitrogens with zero attached hydrogens (tertiary/aromatic N) is 2. The summed E-state index contributed by atoms with van der Waals surface area (Å²) in [7, 11) is 4.03. The lowest BCUT2D eigenvalue weighted by molar-refractivity contribution is -0.139. The molecular formula is C14H23N3O3S. The lowest BCUT2D eigenvalue weighted by atomic mass is 9.91. The molecule has 0 saturated heterocycles. The summed E-state index contributed by atoms with van der Waals surface area (Å²) in [6.45, 7) is 2.94. The predicted octanol–water partition coefficient (Wildman–Crippen LogP) is 1.64. The summed E-state index contributed by atoms with van der Waals surface area (Å²) in [5.41, 5.74) is 0.759. The zero-order chi connectivity index (χ0) is 15.2. The first-order valence-corrected chi connectivity index (χ1v) is 8.08. The van der Waals surface area contributed by atoms with Gasteiger partial charge in [-0.25, -0.2) is 4.98 Å². The summed E-state index contributed by atoms with van der Waals surface area (Å²) in [6, 6.07) is 0. The number of carboxylic acid groups (broad SMARTS) is 1. The third-order valence-electron chi connectivity index (χ3n) is 3.46. The lowest BCUT2D eigenvalue weighted by Crippen LogP contribution is -2.20. The minimum Gasteiger partial charge on any atom is -0.481 e. The van der Waals surface area contributed by atoms with E-state index in [0.29, 0.717) is 26.2 Å². The van der Waals surface area contributed by atoms with Crippen LogP contribution in [0.5, 0.6) is 0 Å². The minimum atomic E-state index is -0.764. The molecule has 7 heteroatoms. The second-order valence-electron chi connectivity index (χ2n) is 5.45. The molecule has 2 N–H and O–H groups in total. The van der Waals surface area contributed by atoms with Crippen LogP contribution in [0.3, 0.4) is 0 Å². The van der Waals surface area contributed by atoms with E-state index in [2.05, 4.69) is 15.2 Å². The van der Waals surface area contributed by atoms with Gasteiger partial charge in [-0.3, -0.25) is 4.79 Å². The van der Waals surface area contributed by atoms with Crippen molar-refractivity contribution in [1.29, 1.82) is 0 Å². The highest BCUT2D eigenvalue weighted by Crippen LogP contribution is 2.36. The lowest BCUT2D eigenvalue weighted by Gasteiger charge is -2.16. The van der Waals surface area contributed by atoms with E-state index in [0.717, 1.165) is 35.1 Å². The van der Waals surface area contributed by atoms with Crippen LogP contribution in [-0.2, 0) is 16.0 Å². The summed E-state index contributed by atoms with van der Waals surface area (Å²) >= 11 is 1.58. The number of hydrogen-bond acceptors (Lipinski definition) is 6. The van der Waals surface area contributed by atoms with Gasteiger partial charge in [0.05, 0.1) is 18.9 Å². The number of aliphatic carboxylic acids is 1. The molecule has 6 nitrogen and oxygen atoms in total. The van der Waals surface area contributed by atoms with Crippen molar-refractivity contribution in [1.82, 2.24) is 9.88 Å². The number of carbonyl (C=O) groups is 1. The number of nitrogens with one attached hydrogen (secondary N) is 1. The van der Waals surface area contributed by atoms with Crippen LogP contribution in [0.2, 0.25) is 0 Å². The fraction of sp³-hybridized carbons (Fsp3) is 0.714. The van der Waals surface area contributed by atoms with Crippen LogP contribution in [0.15, 0.2) is 0 Å². The van der Waals surface area contributed by atoms with Gasteiger partial charge in [0, 0.05) is 18.0 Å². The second kappa shape index (κ2) is 7.72. The van der Waals surface area contributed by atoms with Crippen molar-refractivity contribution in [2.24, 2.45) is 0 Å². The van der Waals surface area contributed by atoms with Gasteiger partial charge in [0.2, 0.25) is 0 Å². The average Bonchev–Trinajstić information content (AvgIpc) is 2.84. The molecular weight excluding hydrogens is 290 g/mol. The molecule has 1 aliphatic carbocycles. The van der Waals surface area contributed by atoms with Crippen molar-refractivity contribution < 1.29 is 14.6 Å². The Balaban J connectivity index is 1.79. The normalized spacial score (nSPS) is 17.8. The highest BCUT2D eigenvalue weighted by atomic mass is 32.1. The Labute approximate surface area is 129 Å². The predicted molar refractivity (Wildman–Crippen MR) is 83.3 cm³/mol. The number of anilines is 1. The van der Waals surface area contributed by atoms with E-state index in [9.17, 15) is 9.90 Å². The maximum atomic E-state index is 11.2. The molecule has 0 amide bonds. The van der Waals surface area contributed by atoms with E-state index in [1.165, 1.54) is 0 Å². The van der Waals surface area contributed by atoms with Gasteiger partial charge in [0.25, 0.3) is 0 Å². The summed E-state index contributed by atoms with van der Waals surface area (Å²) in [5.74, 6) is -1.20. The Kier molecular flexibility index (Phi) is 5.96. The summed E-state index contributed by atoms with van der Waals surface area (Å²) < 4.78 is 5.51. The van der Waals surface area contributed by atoms with E-state index in [-0.39, 0.29) is 0 Å². The number of carboxylic acids is 1. The molecule has 0 radical (unpaired) electrons. The third-order valence-corrected chi connectivity index (χ3v) is 4.55.